The largest absolute Gasteiger partial charge is 0.497 e. The van der Waals surface area contributed by atoms with Crippen LogP contribution in [0.3, 0.4) is 0 Å². The maximum Gasteiger partial charge on any atom is 0.146 e. The lowest BCUT2D eigenvalue weighted by molar-refractivity contribution is 0.414. The SMILES string of the molecule is COc1ccc(F)c(NC(C)c2ccc(F)cn2)c1. The fraction of sp³-hybridized carbons (Fsp3) is 0.214. The van der Waals surface area contributed by atoms with E-state index in [0.29, 0.717) is 17.1 Å². The first-order valence-corrected chi connectivity index (χ1v) is 5.81. The lowest BCUT2D eigenvalue weighted by Crippen LogP contribution is -2.09. The van der Waals surface area contributed by atoms with Crippen LogP contribution in [0.4, 0.5) is 14.5 Å². The van der Waals surface area contributed by atoms with Crippen molar-refractivity contribution in [3.05, 3.63) is 53.9 Å². The highest BCUT2D eigenvalue weighted by molar-refractivity contribution is 5.50. The molecule has 2 aromatic rings. The number of halogens is 2. The van der Waals surface area contributed by atoms with Gasteiger partial charge in [0, 0.05) is 6.07 Å². The summed E-state index contributed by atoms with van der Waals surface area (Å²) in [5.41, 5.74) is 0.946. The molecule has 0 amide bonds. The summed E-state index contributed by atoms with van der Waals surface area (Å²) in [6.45, 7) is 1.82. The Morgan fingerprint density at radius 2 is 2.00 bits per heavy atom. The maximum absolute atomic E-state index is 13.6. The molecule has 19 heavy (non-hydrogen) atoms. The van der Waals surface area contributed by atoms with Crippen molar-refractivity contribution in [1.29, 1.82) is 0 Å². The van der Waals surface area contributed by atoms with Crippen LogP contribution in [-0.2, 0) is 0 Å². The van der Waals surface area contributed by atoms with Crippen LogP contribution in [0.25, 0.3) is 0 Å². The number of methoxy groups -OCH3 is 1. The lowest BCUT2D eigenvalue weighted by atomic mass is 10.2. The number of pyridine rings is 1. The fourth-order valence-corrected chi connectivity index (χ4v) is 1.69. The zero-order valence-electron chi connectivity index (χ0n) is 10.7. The molecule has 1 atom stereocenters. The Morgan fingerprint density at radius 1 is 1.21 bits per heavy atom. The Hall–Kier alpha value is -2.17. The van der Waals surface area contributed by atoms with E-state index in [1.165, 1.54) is 19.2 Å². The van der Waals surface area contributed by atoms with Crippen LogP contribution in [0, 0.1) is 11.6 Å². The van der Waals surface area contributed by atoms with Gasteiger partial charge < -0.3 is 10.1 Å². The maximum atomic E-state index is 13.6. The summed E-state index contributed by atoms with van der Waals surface area (Å²) < 4.78 is 31.5. The number of ether oxygens (including phenoxy) is 1. The third-order valence-electron chi connectivity index (χ3n) is 2.74. The molecule has 3 nitrogen and oxygen atoms in total. The van der Waals surface area contributed by atoms with Crippen molar-refractivity contribution in [1.82, 2.24) is 4.98 Å². The average molecular weight is 264 g/mol. The van der Waals surface area contributed by atoms with E-state index < -0.39 is 5.82 Å². The molecule has 5 heteroatoms. The molecule has 0 spiro atoms. The molecule has 0 saturated heterocycles. The molecule has 0 saturated carbocycles. The van der Waals surface area contributed by atoms with E-state index in [-0.39, 0.29) is 11.9 Å². The second kappa shape index (κ2) is 5.65. The van der Waals surface area contributed by atoms with Crippen LogP contribution in [-0.4, -0.2) is 12.1 Å². The number of aromatic nitrogens is 1. The van der Waals surface area contributed by atoms with Gasteiger partial charge in [-0.2, -0.15) is 0 Å². The summed E-state index contributed by atoms with van der Waals surface area (Å²) >= 11 is 0. The average Bonchev–Trinajstić information content (AvgIpc) is 2.42. The Labute approximate surface area is 110 Å². The topological polar surface area (TPSA) is 34.1 Å². The first kappa shape index (κ1) is 13.3. The van der Waals surface area contributed by atoms with Gasteiger partial charge in [0.1, 0.15) is 17.4 Å². The van der Waals surface area contributed by atoms with E-state index >= 15 is 0 Å². The van der Waals surface area contributed by atoms with Gasteiger partial charge in [-0.25, -0.2) is 8.78 Å². The number of hydrogen-bond acceptors (Lipinski definition) is 3. The van der Waals surface area contributed by atoms with Crippen LogP contribution in [0.2, 0.25) is 0 Å². The number of nitrogens with zero attached hydrogens (tertiary/aromatic N) is 1. The van der Waals surface area contributed by atoms with Gasteiger partial charge in [-0.1, -0.05) is 0 Å². The molecule has 0 aliphatic rings. The fourth-order valence-electron chi connectivity index (χ4n) is 1.69. The number of benzene rings is 1. The van der Waals surface area contributed by atoms with Gasteiger partial charge in [0.15, 0.2) is 0 Å². The van der Waals surface area contributed by atoms with Gasteiger partial charge in [-0.05, 0) is 31.2 Å². The summed E-state index contributed by atoms with van der Waals surface area (Å²) in [6, 6.07) is 7.07. The molecule has 1 aromatic heterocycles. The smallest absolute Gasteiger partial charge is 0.146 e. The van der Waals surface area contributed by atoms with Crippen molar-refractivity contribution >= 4 is 5.69 Å². The van der Waals surface area contributed by atoms with Crippen LogP contribution in [0.15, 0.2) is 36.5 Å². The number of nitrogens with one attached hydrogen (secondary N) is 1. The van der Waals surface area contributed by atoms with Crippen molar-refractivity contribution in [3.63, 3.8) is 0 Å². The summed E-state index contributed by atoms with van der Waals surface area (Å²) in [5, 5.41) is 2.98. The number of rotatable bonds is 4. The lowest BCUT2D eigenvalue weighted by Gasteiger charge is -2.16. The first-order chi connectivity index (χ1) is 9.10. The van der Waals surface area contributed by atoms with Crippen molar-refractivity contribution in [3.8, 4) is 5.75 Å². The molecule has 2 rings (SSSR count). The van der Waals surface area contributed by atoms with Crippen molar-refractivity contribution in [2.45, 2.75) is 13.0 Å². The quantitative estimate of drug-likeness (QED) is 0.917. The molecule has 1 unspecified atom stereocenters. The summed E-state index contributed by atoms with van der Waals surface area (Å²) in [5.74, 6) is -0.221. The van der Waals surface area contributed by atoms with Gasteiger partial charge in [0.25, 0.3) is 0 Å². The number of anilines is 1. The highest BCUT2D eigenvalue weighted by Crippen LogP contribution is 2.24. The molecular weight excluding hydrogens is 250 g/mol. The monoisotopic (exact) mass is 264 g/mol. The minimum Gasteiger partial charge on any atom is -0.497 e. The van der Waals surface area contributed by atoms with Gasteiger partial charge in [-0.3, -0.25) is 4.98 Å². The second-order valence-corrected chi connectivity index (χ2v) is 4.11. The van der Waals surface area contributed by atoms with Crippen LogP contribution >= 0.6 is 0 Å². The molecule has 1 aromatic carbocycles. The molecule has 0 radical (unpaired) electrons. The van der Waals surface area contributed by atoms with Gasteiger partial charge >= 0.3 is 0 Å². The molecule has 0 bridgehead atoms. The zero-order chi connectivity index (χ0) is 13.8. The third-order valence-corrected chi connectivity index (χ3v) is 2.74. The van der Waals surface area contributed by atoms with Crippen molar-refractivity contribution in [2.75, 3.05) is 12.4 Å². The van der Waals surface area contributed by atoms with E-state index in [4.69, 9.17) is 4.74 Å². The van der Waals surface area contributed by atoms with E-state index in [1.54, 1.807) is 18.2 Å². The minimum absolute atomic E-state index is 0.248. The van der Waals surface area contributed by atoms with Crippen LogP contribution in [0.1, 0.15) is 18.7 Å². The Kier molecular flexibility index (Phi) is 3.94. The van der Waals surface area contributed by atoms with Crippen LogP contribution in [0.5, 0.6) is 5.75 Å². The Morgan fingerprint density at radius 3 is 2.63 bits per heavy atom. The third kappa shape index (κ3) is 3.19. The van der Waals surface area contributed by atoms with Gasteiger partial charge in [0.05, 0.1) is 30.7 Å². The summed E-state index contributed by atoms with van der Waals surface area (Å²) in [7, 11) is 1.52. The predicted molar refractivity (Wildman–Crippen MR) is 69.2 cm³/mol. The van der Waals surface area contributed by atoms with E-state index in [9.17, 15) is 8.78 Å². The zero-order valence-corrected chi connectivity index (χ0v) is 10.7. The summed E-state index contributed by atoms with van der Waals surface area (Å²) in [6.07, 6.45) is 1.13. The highest BCUT2D eigenvalue weighted by atomic mass is 19.1. The summed E-state index contributed by atoms with van der Waals surface area (Å²) in [4.78, 5) is 3.96. The molecular formula is C14H14F2N2O. The molecule has 1 N–H and O–H groups in total. The molecule has 0 aliphatic heterocycles. The molecule has 0 aliphatic carbocycles. The predicted octanol–water partition coefficient (Wildman–Crippen LogP) is 3.54. The molecule has 1 heterocycles. The van der Waals surface area contributed by atoms with Gasteiger partial charge in [0.2, 0.25) is 0 Å². The molecule has 100 valence electrons. The first-order valence-electron chi connectivity index (χ1n) is 5.81. The van der Waals surface area contributed by atoms with E-state index in [1.807, 2.05) is 6.92 Å². The van der Waals surface area contributed by atoms with E-state index in [2.05, 4.69) is 10.3 Å². The van der Waals surface area contributed by atoms with E-state index in [0.717, 1.165) is 6.20 Å². The standard InChI is InChI=1S/C14H14F2N2O/c1-9(13-6-3-10(15)8-17-13)18-14-7-11(19-2)4-5-12(14)16/h3-9,18H,1-2H3. The Bertz CT molecular complexity index is 558. The normalized spacial score (nSPS) is 12.0. The minimum atomic E-state index is -0.400. The highest BCUT2D eigenvalue weighted by Gasteiger charge is 2.10. The number of hydrogen-bond donors (Lipinski definition) is 1. The Balaban J connectivity index is 2.18. The van der Waals surface area contributed by atoms with Crippen LogP contribution < -0.4 is 10.1 Å². The van der Waals surface area contributed by atoms with Gasteiger partial charge in [-0.15, -0.1) is 0 Å². The van der Waals surface area contributed by atoms with Crippen molar-refractivity contribution < 1.29 is 13.5 Å². The molecule has 0 fully saturated rings. The second-order valence-electron chi connectivity index (χ2n) is 4.11. The van der Waals surface area contributed by atoms with Crippen molar-refractivity contribution in [2.24, 2.45) is 0 Å².